The van der Waals surface area contributed by atoms with E-state index in [0.717, 1.165) is 55.2 Å². The van der Waals surface area contributed by atoms with Gasteiger partial charge >= 0.3 is 0 Å². The first kappa shape index (κ1) is 14.7. The maximum absolute atomic E-state index is 11.5. The van der Waals surface area contributed by atoms with E-state index >= 15 is 0 Å². The number of hydrogen-bond acceptors (Lipinski definition) is 5. The molecular weight excluding hydrogens is 254 g/mol. The summed E-state index contributed by atoms with van der Waals surface area (Å²) in [5.74, 6) is 1.01. The average molecular weight is 277 g/mol. The minimum atomic E-state index is 0.136. The van der Waals surface area contributed by atoms with Crippen LogP contribution in [0.2, 0.25) is 0 Å². The predicted molar refractivity (Wildman–Crippen MR) is 78.5 cm³/mol. The second kappa shape index (κ2) is 6.17. The first-order valence-corrected chi connectivity index (χ1v) is 7.08. The van der Waals surface area contributed by atoms with E-state index in [2.05, 4.69) is 15.1 Å². The lowest BCUT2D eigenvalue weighted by Crippen LogP contribution is -2.34. The number of amides is 1. The van der Waals surface area contributed by atoms with Gasteiger partial charge in [-0.05, 0) is 25.8 Å². The van der Waals surface area contributed by atoms with E-state index in [1.807, 2.05) is 18.7 Å². The van der Waals surface area contributed by atoms with Crippen molar-refractivity contribution in [2.24, 2.45) is 5.73 Å². The van der Waals surface area contributed by atoms with Crippen LogP contribution < -0.4 is 10.6 Å². The Bertz CT molecular complexity index is 503. The Labute approximate surface area is 120 Å². The summed E-state index contributed by atoms with van der Waals surface area (Å²) in [6, 6.07) is 0. The smallest absolute Gasteiger partial charge is 0.219 e. The Morgan fingerprint density at radius 3 is 2.60 bits per heavy atom. The lowest BCUT2D eigenvalue weighted by atomic mass is 10.1. The van der Waals surface area contributed by atoms with Crippen LogP contribution in [-0.4, -0.2) is 47.2 Å². The SMILES string of the molecule is CC(=O)N1CCCN(c2nnc(C)c(C)c2CN)CC1. The van der Waals surface area contributed by atoms with Crippen molar-refractivity contribution >= 4 is 11.7 Å². The summed E-state index contributed by atoms with van der Waals surface area (Å²) in [4.78, 5) is 15.6. The van der Waals surface area contributed by atoms with E-state index in [0.29, 0.717) is 6.54 Å². The molecule has 6 nitrogen and oxygen atoms in total. The fraction of sp³-hybridized carbons (Fsp3) is 0.643. The van der Waals surface area contributed by atoms with Crippen LogP contribution in [0.4, 0.5) is 5.82 Å². The molecule has 0 aliphatic carbocycles. The quantitative estimate of drug-likeness (QED) is 0.857. The summed E-state index contributed by atoms with van der Waals surface area (Å²) in [5, 5.41) is 8.56. The second-order valence-corrected chi connectivity index (χ2v) is 5.26. The molecule has 0 saturated carbocycles. The number of anilines is 1. The van der Waals surface area contributed by atoms with Crippen LogP contribution in [0.1, 0.15) is 30.2 Å². The molecule has 2 heterocycles. The van der Waals surface area contributed by atoms with Gasteiger partial charge in [0.2, 0.25) is 5.91 Å². The highest BCUT2D eigenvalue weighted by Crippen LogP contribution is 2.22. The van der Waals surface area contributed by atoms with Gasteiger partial charge in [-0.15, -0.1) is 5.10 Å². The Kier molecular flexibility index (Phi) is 4.54. The molecule has 1 aliphatic heterocycles. The van der Waals surface area contributed by atoms with E-state index in [1.165, 1.54) is 0 Å². The molecule has 0 spiro atoms. The molecule has 6 heteroatoms. The minimum absolute atomic E-state index is 0.136. The number of carbonyl (C=O) groups is 1. The number of aryl methyl sites for hydroxylation is 1. The highest BCUT2D eigenvalue weighted by atomic mass is 16.2. The van der Waals surface area contributed by atoms with E-state index < -0.39 is 0 Å². The van der Waals surface area contributed by atoms with E-state index in [1.54, 1.807) is 6.92 Å². The standard InChI is InChI=1S/C14H23N5O/c1-10-11(2)16-17-14(13(10)9-15)19-6-4-5-18(7-8-19)12(3)20/h4-9,15H2,1-3H3. The van der Waals surface area contributed by atoms with Gasteiger partial charge in [0, 0.05) is 45.2 Å². The molecule has 1 aromatic rings. The van der Waals surface area contributed by atoms with Gasteiger partial charge in [0.1, 0.15) is 0 Å². The molecule has 1 saturated heterocycles. The van der Waals surface area contributed by atoms with Crippen molar-refractivity contribution < 1.29 is 4.79 Å². The molecule has 0 radical (unpaired) electrons. The highest BCUT2D eigenvalue weighted by Gasteiger charge is 2.21. The number of nitrogens with zero attached hydrogens (tertiary/aromatic N) is 4. The molecular formula is C14H23N5O. The third kappa shape index (κ3) is 2.90. The van der Waals surface area contributed by atoms with Crippen LogP contribution in [0.5, 0.6) is 0 Å². The first-order chi connectivity index (χ1) is 9.54. The van der Waals surface area contributed by atoms with Crippen LogP contribution >= 0.6 is 0 Å². The molecule has 2 rings (SSSR count). The fourth-order valence-corrected chi connectivity index (χ4v) is 2.59. The van der Waals surface area contributed by atoms with Gasteiger partial charge in [0.25, 0.3) is 0 Å². The van der Waals surface area contributed by atoms with Crippen LogP contribution in [0.3, 0.4) is 0 Å². The summed E-state index contributed by atoms with van der Waals surface area (Å²) < 4.78 is 0. The Hall–Kier alpha value is -1.69. The number of rotatable bonds is 2. The lowest BCUT2D eigenvalue weighted by Gasteiger charge is -2.24. The molecule has 0 atom stereocenters. The van der Waals surface area contributed by atoms with Crippen LogP contribution in [0.25, 0.3) is 0 Å². The molecule has 1 aliphatic rings. The Balaban J connectivity index is 2.24. The zero-order valence-electron chi connectivity index (χ0n) is 12.5. The fourth-order valence-electron chi connectivity index (χ4n) is 2.59. The van der Waals surface area contributed by atoms with Gasteiger partial charge < -0.3 is 15.5 Å². The topological polar surface area (TPSA) is 75.4 Å². The van der Waals surface area contributed by atoms with Crippen LogP contribution in [-0.2, 0) is 11.3 Å². The molecule has 110 valence electrons. The molecule has 1 fully saturated rings. The summed E-state index contributed by atoms with van der Waals surface area (Å²) >= 11 is 0. The third-order valence-corrected chi connectivity index (χ3v) is 4.00. The number of carbonyl (C=O) groups excluding carboxylic acids is 1. The molecule has 1 aromatic heterocycles. The van der Waals surface area contributed by atoms with E-state index in [-0.39, 0.29) is 5.91 Å². The van der Waals surface area contributed by atoms with E-state index in [4.69, 9.17) is 5.73 Å². The highest BCUT2D eigenvalue weighted by molar-refractivity contribution is 5.73. The van der Waals surface area contributed by atoms with Crippen molar-refractivity contribution in [3.8, 4) is 0 Å². The van der Waals surface area contributed by atoms with Crippen molar-refractivity contribution in [1.82, 2.24) is 15.1 Å². The summed E-state index contributed by atoms with van der Waals surface area (Å²) in [5.41, 5.74) is 8.99. The van der Waals surface area contributed by atoms with Gasteiger partial charge in [0.15, 0.2) is 5.82 Å². The van der Waals surface area contributed by atoms with Gasteiger partial charge in [-0.25, -0.2) is 0 Å². The van der Waals surface area contributed by atoms with Gasteiger partial charge in [-0.3, -0.25) is 4.79 Å². The number of nitrogens with two attached hydrogens (primary N) is 1. The third-order valence-electron chi connectivity index (χ3n) is 4.00. The maximum atomic E-state index is 11.5. The second-order valence-electron chi connectivity index (χ2n) is 5.26. The monoisotopic (exact) mass is 277 g/mol. The van der Waals surface area contributed by atoms with Gasteiger partial charge in [-0.1, -0.05) is 0 Å². The van der Waals surface area contributed by atoms with Crippen molar-refractivity contribution in [1.29, 1.82) is 0 Å². The molecule has 0 unspecified atom stereocenters. The van der Waals surface area contributed by atoms with Gasteiger partial charge in [-0.2, -0.15) is 5.10 Å². The Morgan fingerprint density at radius 1 is 1.20 bits per heavy atom. The molecule has 0 bridgehead atoms. The summed E-state index contributed by atoms with van der Waals surface area (Å²) in [6.45, 7) is 9.27. The molecule has 2 N–H and O–H groups in total. The van der Waals surface area contributed by atoms with E-state index in [9.17, 15) is 4.79 Å². The molecule has 20 heavy (non-hydrogen) atoms. The average Bonchev–Trinajstić information content (AvgIpc) is 2.67. The molecule has 1 amide bonds. The zero-order valence-corrected chi connectivity index (χ0v) is 12.5. The van der Waals surface area contributed by atoms with Crippen LogP contribution in [0, 0.1) is 13.8 Å². The van der Waals surface area contributed by atoms with Crippen molar-refractivity contribution in [3.63, 3.8) is 0 Å². The predicted octanol–water partition coefficient (Wildman–Crippen LogP) is 0.611. The largest absolute Gasteiger partial charge is 0.353 e. The Morgan fingerprint density at radius 2 is 1.95 bits per heavy atom. The summed E-state index contributed by atoms with van der Waals surface area (Å²) in [6.07, 6.45) is 0.943. The van der Waals surface area contributed by atoms with Crippen LogP contribution in [0.15, 0.2) is 0 Å². The first-order valence-electron chi connectivity index (χ1n) is 7.08. The maximum Gasteiger partial charge on any atom is 0.219 e. The number of hydrogen-bond donors (Lipinski definition) is 1. The molecule has 0 aromatic carbocycles. The normalized spacial score (nSPS) is 16.2. The minimum Gasteiger partial charge on any atom is -0.353 e. The lowest BCUT2D eigenvalue weighted by molar-refractivity contribution is -0.128. The number of aromatic nitrogens is 2. The van der Waals surface area contributed by atoms with Crippen molar-refractivity contribution in [2.75, 3.05) is 31.1 Å². The van der Waals surface area contributed by atoms with Crippen molar-refractivity contribution in [3.05, 3.63) is 16.8 Å². The van der Waals surface area contributed by atoms with Gasteiger partial charge in [0.05, 0.1) is 5.69 Å². The van der Waals surface area contributed by atoms with Crippen molar-refractivity contribution in [2.45, 2.75) is 33.7 Å². The zero-order chi connectivity index (χ0) is 14.7. The summed E-state index contributed by atoms with van der Waals surface area (Å²) in [7, 11) is 0.